The van der Waals surface area contributed by atoms with E-state index in [4.69, 9.17) is 4.74 Å². The Morgan fingerprint density at radius 1 is 0.882 bits per heavy atom. The third-order valence-corrected chi connectivity index (χ3v) is 7.05. The molecular weight excluding hydrogens is 452 g/mol. The van der Waals surface area contributed by atoms with Crippen molar-refractivity contribution < 1.29 is 24.2 Å². The highest BCUT2D eigenvalue weighted by Crippen LogP contribution is 2.25. The quantitative estimate of drug-likeness (QED) is 0.295. The van der Waals surface area contributed by atoms with E-state index in [9.17, 15) is 19.5 Å². The fraction of sp³-hybridized carbons (Fsp3) is 0.885. The second-order valence-corrected chi connectivity index (χ2v) is 13.9. The minimum atomic E-state index is -1.02. The first-order chi connectivity index (χ1) is 15.2. The number of hydrogen-bond donors (Lipinski definition) is 3. The van der Waals surface area contributed by atoms with Crippen molar-refractivity contribution in [3.05, 3.63) is 0 Å². The van der Waals surface area contributed by atoms with Gasteiger partial charge in [-0.25, -0.2) is 4.79 Å². The monoisotopic (exact) mass is 502 g/mol. The summed E-state index contributed by atoms with van der Waals surface area (Å²) < 4.78 is 6.01. The molecule has 0 aromatic heterocycles. The van der Waals surface area contributed by atoms with Gasteiger partial charge in [0.05, 0.1) is 5.60 Å². The van der Waals surface area contributed by atoms with E-state index in [1.54, 1.807) is 13.8 Å². The van der Waals surface area contributed by atoms with Gasteiger partial charge in [-0.15, -0.1) is 0 Å². The highest BCUT2D eigenvalue weighted by atomic mass is 32.2. The van der Waals surface area contributed by atoms with Gasteiger partial charge in [-0.2, -0.15) is 11.8 Å². The molecule has 0 heterocycles. The first kappa shape index (κ1) is 32.7. The summed E-state index contributed by atoms with van der Waals surface area (Å²) in [6.07, 6.45) is 2.47. The Morgan fingerprint density at radius 3 is 1.97 bits per heavy atom. The van der Waals surface area contributed by atoms with Crippen molar-refractivity contribution >= 4 is 29.5 Å². The summed E-state index contributed by atoms with van der Waals surface area (Å²) >= 11 is 1.53. The molecule has 34 heavy (non-hydrogen) atoms. The molecule has 0 rings (SSSR count). The highest BCUT2D eigenvalue weighted by Gasteiger charge is 2.32. The van der Waals surface area contributed by atoms with E-state index < -0.39 is 23.0 Å². The summed E-state index contributed by atoms with van der Waals surface area (Å²) in [5, 5.41) is 15.2. The average molecular weight is 503 g/mol. The van der Waals surface area contributed by atoms with Crippen LogP contribution in [0.15, 0.2) is 0 Å². The van der Waals surface area contributed by atoms with Crippen molar-refractivity contribution in [1.29, 1.82) is 0 Å². The molecule has 0 spiro atoms. The minimum Gasteiger partial charge on any atom is -0.480 e. The van der Waals surface area contributed by atoms with Crippen LogP contribution in [0.3, 0.4) is 0 Å². The number of thioether (sulfide) groups is 1. The Kier molecular flexibility index (Phi) is 13.2. The first-order valence-electron chi connectivity index (χ1n) is 12.3. The Morgan fingerprint density at radius 2 is 1.47 bits per heavy atom. The summed E-state index contributed by atoms with van der Waals surface area (Å²) in [5.41, 5.74) is -0.984. The van der Waals surface area contributed by atoms with Gasteiger partial charge in [0, 0.05) is 30.7 Å². The number of carboxylic acid groups (broad SMARTS) is 1. The van der Waals surface area contributed by atoms with Crippen LogP contribution in [0.2, 0.25) is 0 Å². The normalized spacial score (nSPS) is 13.9. The third kappa shape index (κ3) is 16.4. The Labute approximate surface area is 211 Å². The molecule has 8 heteroatoms. The fourth-order valence-corrected chi connectivity index (χ4v) is 4.05. The second kappa shape index (κ2) is 13.7. The summed E-state index contributed by atoms with van der Waals surface area (Å²) in [7, 11) is 0. The van der Waals surface area contributed by atoms with E-state index in [1.807, 2.05) is 13.8 Å². The summed E-state index contributed by atoms with van der Waals surface area (Å²) in [6, 6.07) is -0.918. The lowest BCUT2D eigenvalue weighted by Crippen LogP contribution is -2.48. The molecule has 3 N–H and O–H groups in total. The lowest BCUT2D eigenvalue weighted by molar-refractivity contribution is -0.143. The summed E-state index contributed by atoms with van der Waals surface area (Å²) in [5.74, 6) is -0.108. The van der Waals surface area contributed by atoms with E-state index in [0.717, 1.165) is 12.2 Å². The molecule has 0 aliphatic heterocycles. The number of nitrogens with one attached hydrogen (secondary N) is 2. The van der Waals surface area contributed by atoms with Crippen LogP contribution in [0, 0.1) is 16.2 Å². The molecule has 0 aliphatic rings. The minimum absolute atomic E-state index is 0.0529. The van der Waals surface area contributed by atoms with Crippen LogP contribution in [0.1, 0.15) is 94.9 Å². The fourth-order valence-electron chi connectivity index (χ4n) is 2.86. The van der Waals surface area contributed by atoms with E-state index in [1.165, 1.54) is 11.8 Å². The van der Waals surface area contributed by atoms with Crippen LogP contribution in [0.25, 0.3) is 0 Å². The van der Waals surface area contributed by atoms with E-state index in [2.05, 4.69) is 52.2 Å². The first-order valence-corrected chi connectivity index (χ1v) is 13.4. The van der Waals surface area contributed by atoms with Crippen molar-refractivity contribution in [3.63, 3.8) is 0 Å². The topological polar surface area (TPSA) is 105 Å². The number of aliphatic carboxylic acids is 1. The highest BCUT2D eigenvalue weighted by molar-refractivity contribution is 7.99. The van der Waals surface area contributed by atoms with Gasteiger partial charge in [0.2, 0.25) is 11.8 Å². The number of carbonyl (C=O) groups excluding carboxylic acids is 2. The Hall–Kier alpha value is -1.28. The van der Waals surface area contributed by atoms with Gasteiger partial charge in [-0.05, 0) is 49.7 Å². The average Bonchev–Trinajstić information content (AvgIpc) is 2.63. The van der Waals surface area contributed by atoms with Gasteiger partial charge in [-0.1, -0.05) is 55.4 Å². The van der Waals surface area contributed by atoms with Gasteiger partial charge in [-0.3, -0.25) is 9.59 Å². The molecule has 0 saturated carbocycles. The predicted molar refractivity (Wildman–Crippen MR) is 141 cm³/mol. The smallest absolute Gasteiger partial charge is 0.327 e. The van der Waals surface area contributed by atoms with Gasteiger partial charge in [0.25, 0.3) is 0 Å². The van der Waals surface area contributed by atoms with Crippen molar-refractivity contribution in [1.82, 2.24) is 10.6 Å². The molecule has 1 atom stereocenters. The largest absolute Gasteiger partial charge is 0.480 e. The maximum absolute atomic E-state index is 12.8. The molecule has 0 saturated heterocycles. The number of carbonyl (C=O) groups is 3. The van der Waals surface area contributed by atoms with Crippen molar-refractivity contribution in [2.45, 2.75) is 107 Å². The molecule has 7 nitrogen and oxygen atoms in total. The van der Waals surface area contributed by atoms with Crippen LogP contribution in [-0.2, 0) is 19.1 Å². The van der Waals surface area contributed by atoms with Gasteiger partial charge >= 0.3 is 5.97 Å². The zero-order valence-electron chi connectivity index (χ0n) is 23.2. The zero-order chi connectivity index (χ0) is 26.8. The van der Waals surface area contributed by atoms with Crippen molar-refractivity contribution in [2.24, 2.45) is 16.2 Å². The lowest BCUT2D eigenvalue weighted by atomic mass is 9.88. The SMILES string of the molecule is CC(C)(C)CCC(=O)NCCC(C)(C)OCCC(C)(C)C(=O)N[C@@H](CSCC(C)(C)C)C(=O)O. The predicted octanol–water partition coefficient (Wildman–Crippen LogP) is 4.88. The maximum Gasteiger partial charge on any atom is 0.327 e. The van der Waals surface area contributed by atoms with E-state index >= 15 is 0 Å². The van der Waals surface area contributed by atoms with Crippen LogP contribution in [0.4, 0.5) is 0 Å². The lowest BCUT2D eigenvalue weighted by Gasteiger charge is -2.30. The Bertz CT molecular complexity index is 663. The number of ether oxygens (including phenoxy) is 1. The molecule has 0 aromatic carbocycles. The molecule has 0 bridgehead atoms. The summed E-state index contributed by atoms with van der Waals surface area (Å²) in [6.45, 7) is 21.1. The van der Waals surface area contributed by atoms with E-state index in [-0.39, 0.29) is 22.6 Å². The number of amides is 2. The van der Waals surface area contributed by atoms with Crippen LogP contribution in [-0.4, -0.2) is 59.2 Å². The molecule has 0 radical (unpaired) electrons. The van der Waals surface area contributed by atoms with Crippen LogP contribution < -0.4 is 10.6 Å². The summed E-state index contributed by atoms with van der Waals surface area (Å²) in [4.78, 5) is 36.4. The van der Waals surface area contributed by atoms with Crippen LogP contribution in [0.5, 0.6) is 0 Å². The van der Waals surface area contributed by atoms with Gasteiger partial charge in [0.1, 0.15) is 6.04 Å². The van der Waals surface area contributed by atoms with Crippen LogP contribution >= 0.6 is 11.8 Å². The third-order valence-electron chi connectivity index (χ3n) is 5.41. The zero-order valence-corrected chi connectivity index (χ0v) is 24.0. The molecule has 0 unspecified atom stereocenters. The molecule has 0 aliphatic carbocycles. The Balaban J connectivity index is 4.50. The standard InChI is InChI=1S/C26H50N2O5S/c1-23(2,3)12-11-20(29)27-15-13-26(9,10)33-16-14-25(7,8)22(32)28-19(21(30)31)17-34-18-24(4,5)6/h19H,11-18H2,1-10H3,(H,27,29)(H,28,32)(H,30,31)/t19-/m0/s1. The van der Waals surface area contributed by atoms with Gasteiger partial charge < -0.3 is 20.5 Å². The number of rotatable bonds is 15. The van der Waals surface area contributed by atoms with Crippen molar-refractivity contribution in [2.75, 3.05) is 24.7 Å². The molecule has 0 aromatic rings. The number of hydrogen-bond acceptors (Lipinski definition) is 5. The molecule has 0 fully saturated rings. The number of carboxylic acids is 1. The molecular formula is C26H50N2O5S. The second-order valence-electron chi connectivity index (χ2n) is 12.8. The van der Waals surface area contributed by atoms with Gasteiger partial charge in [0.15, 0.2) is 0 Å². The molecule has 200 valence electrons. The van der Waals surface area contributed by atoms with E-state index in [0.29, 0.717) is 38.2 Å². The maximum atomic E-state index is 12.8. The van der Waals surface area contributed by atoms with Crippen molar-refractivity contribution in [3.8, 4) is 0 Å². The molecule has 2 amide bonds.